The first kappa shape index (κ1) is 15.4. The maximum Gasteiger partial charge on any atom is 0.416 e. The Balaban J connectivity index is 1.99. The van der Waals surface area contributed by atoms with Crippen LogP contribution in [-0.2, 0) is 17.5 Å². The summed E-state index contributed by atoms with van der Waals surface area (Å²) in [5.74, 6) is -0.682. The number of hydrogen-bond donors (Lipinski definition) is 0. The molecule has 0 bridgehead atoms. The number of halogens is 4. The first-order valence-electron chi connectivity index (χ1n) is 5.95. The van der Waals surface area contributed by atoms with E-state index in [0.717, 1.165) is 29.8 Å². The van der Waals surface area contributed by atoms with Crippen LogP contribution in [0.5, 0.6) is 0 Å². The molecule has 0 aliphatic carbocycles. The van der Waals surface area contributed by atoms with E-state index in [4.69, 9.17) is 16.3 Å². The van der Waals surface area contributed by atoms with Gasteiger partial charge in [0, 0.05) is 5.02 Å². The maximum atomic E-state index is 12.4. The lowest BCUT2D eigenvalue weighted by Gasteiger charge is -2.08. The average Bonchev–Trinajstić information content (AvgIpc) is 2.45. The van der Waals surface area contributed by atoms with Crippen molar-refractivity contribution in [2.45, 2.75) is 12.8 Å². The molecular formula is C15H10ClF3O2. The third kappa shape index (κ3) is 4.23. The summed E-state index contributed by atoms with van der Waals surface area (Å²) in [4.78, 5) is 11.7. The van der Waals surface area contributed by atoms with Gasteiger partial charge >= 0.3 is 12.1 Å². The molecule has 2 rings (SSSR count). The van der Waals surface area contributed by atoms with E-state index < -0.39 is 17.7 Å². The summed E-state index contributed by atoms with van der Waals surface area (Å²) >= 11 is 5.72. The molecule has 0 aromatic heterocycles. The molecule has 0 spiro atoms. The molecule has 0 heterocycles. The van der Waals surface area contributed by atoms with Crippen molar-refractivity contribution in [3.05, 3.63) is 70.2 Å². The van der Waals surface area contributed by atoms with Crippen LogP contribution in [0.3, 0.4) is 0 Å². The van der Waals surface area contributed by atoms with Gasteiger partial charge in [0.2, 0.25) is 0 Å². The molecule has 110 valence electrons. The second-order valence-corrected chi connectivity index (χ2v) is 4.71. The van der Waals surface area contributed by atoms with Crippen molar-refractivity contribution in [3.63, 3.8) is 0 Å². The zero-order chi connectivity index (χ0) is 15.5. The standard InChI is InChI=1S/C15H10ClF3O2/c16-13-7-1-10(2-8-13)9-21-14(20)11-3-5-12(6-4-11)15(17,18)19/h1-8H,9H2. The lowest BCUT2D eigenvalue weighted by Crippen LogP contribution is -2.08. The smallest absolute Gasteiger partial charge is 0.416 e. The van der Waals surface area contributed by atoms with Crippen LogP contribution in [0.2, 0.25) is 5.02 Å². The minimum Gasteiger partial charge on any atom is -0.457 e. The van der Waals surface area contributed by atoms with Crippen molar-refractivity contribution < 1.29 is 22.7 Å². The molecule has 0 unspecified atom stereocenters. The Bertz CT molecular complexity index is 619. The number of benzene rings is 2. The van der Waals surface area contributed by atoms with E-state index in [1.165, 1.54) is 0 Å². The Morgan fingerprint density at radius 2 is 1.57 bits per heavy atom. The van der Waals surface area contributed by atoms with Gasteiger partial charge in [-0.2, -0.15) is 13.2 Å². The summed E-state index contributed by atoms with van der Waals surface area (Å²) in [6.07, 6.45) is -4.42. The number of alkyl halides is 3. The monoisotopic (exact) mass is 314 g/mol. The summed E-state index contributed by atoms with van der Waals surface area (Å²) in [7, 11) is 0. The first-order chi connectivity index (χ1) is 9.86. The first-order valence-corrected chi connectivity index (χ1v) is 6.33. The number of carbonyl (C=O) groups is 1. The van der Waals surface area contributed by atoms with Crippen LogP contribution in [0.4, 0.5) is 13.2 Å². The van der Waals surface area contributed by atoms with Crippen LogP contribution in [0.1, 0.15) is 21.5 Å². The molecule has 0 aliphatic rings. The topological polar surface area (TPSA) is 26.3 Å². The molecule has 0 radical (unpaired) electrons. The van der Waals surface area contributed by atoms with Crippen molar-refractivity contribution in [1.82, 2.24) is 0 Å². The van der Waals surface area contributed by atoms with Gasteiger partial charge in [-0.05, 0) is 42.0 Å². The highest BCUT2D eigenvalue weighted by Gasteiger charge is 2.30. The van der Waals surface area contributed by atoms with Crippen LogP contribution in [-0.4, -0.2) is 5.97 Å². The highest BCUT2D eigenvalue weighted by atomic mass is 35.5. The van der Waals surface area contributed by atoms with Gasteiger partial charge in [0.15, 0.2) is 0 Å². The van der Waals surface area contributed by atoms with Crippen LogP contribution < -0.4 is 0 Å². The Morgan fingerprint density at radius 3 is 2.10 bits per heavy atom. The van der Waals surface area contributed by atoms with Crippen molar-refractivity contribution in [2.24, 2.45) is 0 Å². The lowest BCUT2D eigenvalue weighted by atomic mass is 10.1. The third-order valence-corrected chi connectivity index (χ3v) is 2.98. The van der Waals surface area contributed by atoms with Gasteiger partial charge in [0.1, 0.15) is 6.61 Å². The van der Waals surface area contributed by atoms with Crippen LogP contribution in [0, 0.1) is 0 Å². The average molecular weight is 315 g/mol. The van der Waals surface area contributed by atoms with Crippen LogP contribution in [0.25, 0.3) is 0 Å². The largest absolute Gasteiger partial charge is 0.457 e. The van der Waals surface area contributed by atoms with Gasteiger partial charge in [0.25, 0.3) is 0 Å². The van der Waals surface area contributed by atoms with Gasteiger partial charge in [0.05, 0.1) is 11.1 Å². The molecule has 0 saturated heterocycles. The quantitative estimate of drug-likeness (QED) is 0.767. The summed E-state index contributed by atoms with van der Waals surface area (Å²) in [5.41, 5.74) is -0.00613. The van der Waals surface area contributed by atoms with Crippen LogP contribution >= 0.6 is 11.6 Å². The van der Waals surface area contributed by atoms with Gasteiger partial charge < -0.3 is 4.74 Å². The van der Waals surface area contributed by atoms with E-state index in [2.05, 4.69) is 0 Å². The molecule has 2 aromatic rings. The number of esters is 1. The highest BCUT2D eigenvalue weighted by Crippen LogP contribution is 2.29. The Hall–Kier alpha value is -2.01. The number of rotatable bonds is 3. The van der Waals surface area contributed by atoms with E-state index >= 15 is 0 Å². The summed E-state index contributed by atoms with van der Waals surface area (Å²) in [6.45, 7) is 0.0248. The van der Waals surface area contributed by atoms with Gasteiger partial charge in [-0.3, -0.25) is 0 Å². The van der Waals surface area contributed by atoms with E-state index in [9.17, 15) is 18.0 Å². The van der Waals surface area contributed by atoms with Gasteiger partial charge in [-0.15, -0.1) is 0 Å². The second kappa shape index (κ2) is 6.18. The lowest BCUT2D eigenvalue weighted by molar-refractivity contribution is -0.137. The van der Waals surface area contributed by atoms with Crippen molar-refractivity contribution in [2.75, 3.05) is 0 Å². The summed E-state index contributed by atoms with van der Waals surface area (Å²) < 4.78 is 42.2. The third-order valence-electron chi connectivity index (χ3n) is 2.73. The molecule has 2 aromatic carbocycles. The Kier molecular flexibility index (Phi) is 4.53. The van der Waals surface area contributed by atoms with Gasteiger partial charge in [-0.25, -0.2) is 4.79 Å². The number of hydrogen-bond acceptors (Lipinski definition) is 2. The Morgan fingerprint density at radius 1 is 1.00 bits per heavy atom. The number of carbonyl (C=O) groups excluding carboxylic acids is 1. The minimum atomic E-state index is -4.42. The summed E-state index contributed by atoms with van der Waals surface area (Å²) in [5, 5.41) is 0.563. The summed E-state index contributed by atoms with van der Waals surface area (Å²) in [6, 6.07) is 10.6. The van der Waals surface area contributed by atoms with Crippen molar-refractivity contribution in [3.8, 4) is 0 Å². The predicted molar refractivity (Wildman–Crippen MR) is 72.0 cm³/mol. The zero-order valence-electron chi connectivity index (χ0n) is 10.7. The van der Waals surface area contributed by atoms with E-state index in [1.807, 2.05) is 0 Å². The normalized spacial score (nSPS) is 11.2. The van der Waals surface area contributed by atoms with E-state index in [0.29, 0.717) is 5.02 Å². The fraction of sp³-hybridized carbons (Fsp3) is 0.133. The molecule has 6 heteroatoms. The van der Waals surface area contributed by atoms with E-state index in [-0.39, 0.29) is 12.2 Å². The highest BCUT2D eigenvalue weighted by molar-refractivity contribution is 6.30. The zero-order valence-corrected chi connectivity index (χ0v) is 11.4. The van der Waals surface area contributed by atoms with E-state index in [1.54, 1.807) is 24.3 Å². The molecular weight excluding hydrogens is 305 g/mol. The fourth-order valence-electron chi connectivity index (χ4n) is 1.61. The molecule has 21 heavy (non-hydrogen) atoms. The molecule has 0 saturated carbocycles. The van der Waals surface area contributed by atoms with Crippen molar-refractivity contribution >= 4 is 17.6 Å². The molecule has 0 fully saturated rings. The predicted octanol–water partition coefficient (Wildman–Crippen LogP) is 4.72. The SMILES string of the molecule is O=C(OCc1ccc(Cl)cc1)c1ccc(C(F)(F)F)cc1. The minimum absolute atomic E-state index is 0.0248. The molecule has 0 N–H and O–H groups in total. The Labute approximate surface area is 124 Å². The molecule has 0 atom stereocenters. The maximum absolute atomic E-state index is 12.4. The number of ether oxygens (including phenoxy) is 1. The molecule has 2 nitrogen and oxygen atoms in total. The fourth-order valence-corrected chi connectivity index (χ4v) is 1.73. The van der Waals surface area contributed by atoms with Crippen molar-refractivity contribution in [1.29, 1.82) is 0 Å². The molecule has 0 aliphatic heterocycles. The van der Waals surface area contributed by atoms with Gasteiger partial charge in [-0.1, -0.05) is 23.7 Å². The molecule has 0 amide bonds. The van der Waals surface area contributed by atoms with Crippen LogP contribution in [0.15, 0.2) is 48.5 Å². The second-order valence-electron chi connectivity index (χ2n) is 4.28.